The Morgan fingerprint density at radius 1 is 1.25 bits per heavy atom. The Balaban J connectivity index is 1.92. The summed E-state index contributed by atoms with van der Waals surface area (Å²) in [6, 6.07) is 0. The third kappa shape index (κ3) is 5.93. The maximum Gasteiger partial charge on any atom is 0.490 e. The number of ether oxygens (including phenoxy) is 1. The van der Waals surface area contributed by atoms with Crippen molar-refractivity contribution in [3.63, 3.8) is 0 Å². The average molecular weight is 575 g/mol. The molecule has 0 radical (unpaired) electrons. The number of phosphoric ester groups is 1. The summed E-state index contributed by atoms with van der Waals surface area (Å²) >= 11 is 0. The Morgan fingerprint density at radius 2 is 1.89 bits per heavy atom. The second-order valence-corrected chi connectivity index (χ2v) is 11.6. The smallest absolute Gasteiger partial charge is 0.386 e. The highest BCUT2D eigenvalue weighted by Crippen LogP contribution is 2.66. The Labute approximate surface area is 200 Å². The van der Waals surface area contributed by atoms with Gasteiger partial charge in [0.1, 0.15) is 12.2 Å². The number of rotatable bonds is 8. The molecule has 0 amide bonds. The first-order valence-corrected chi connectivity index (χ1v) is 14.0. The van der Waals surface area contributed by atoms with Crippen molar-refractivity contribution < 1.29 is 61.4 Å². The molecule has 0 aromatic carbocycles. The molecule has 1 saturated heterocycles. The molecule has 7 atom stereocenters. The van der Waals surface area contributed by atoms with Gasteiger partial charge in [-0.3, -0.25) is 18.9 Å². The number of aliphatic hydroxyl groups excluding tert-OH is 1. The van der Waals surface area contributed by atoms with Crippen molar-refractivity contribution in [2.24, 2.45) is 0 Å². The molecular formula is C14H20N5O14P3. The zero-order valence-corrected chi connectivity index (χ0v) is 20.8. The lowest BCUT2D eigenvalue weighted by atomic mass is 9.93. The van der Waals surface area contributed by atoms with E-state index in [0.29, 0.717) is 0 Å². The standard InChI is InChI=1S/C14H20N5O14P3/c1-3-4-14(22)9(20)8(6(2)31-35(26,27)33-36(28,29)32-34(23,24)25)30-12(14)19-5-16-7-10(19)17-13(15)18-11(7)21/h5-6,8-9,12,20,22H,1-2H3,(H,26,27)(H,28,29)(H2,23,24,25)(H3,15,17,18,21)/t6-,8-,9+,12-,14?/m1/s1. The number of phosphoric acid groups is 3. The Bertz CT molecular complexity index is 1430. The molecule has 19 nitrogen and oxygen atoms in total. The maximum atomic E-state index is 12.2. The van der Waals surface area contributed by atoms with E-state index in [1.54, 1.807) is 0 Å². The Kier molecular flexibility index (Phi) is 7.70. The van der Waals surface area contributed by atoms with Crippen LogP contribution in [-0.4, -0.2) is 73.2 Å². The van der Waals surface area contributed by atoms with Gasteiger partial charge in [0, 0.05) is 0 Å². The third-order valence-corrected chi connectivity index (χ3v) is 8.56. The normalized spacial score (nSPS) is 28.7. The number of aromatic nitrogens is 4. The number of nitrogens with zero attached hydrogens (tertiary/aromatic N) is 3. The summed E-state index contributed by atoms with van der Waals surface area (Å²) in [5.74, 6) is 4.42. The molecule has 2 aromatic heterocycles. The van der Waals surface area contributed by atoms with E-state index in [4.69, 9.17) is 20.3 Å². The molecule has 0 bridgehead atoms. The van der Waals surface area contributed by atoms with Crippen molar-refractivity contribution in [2.75, 3.05) is 5.73 Å². The van der Waals surface area contributed by atoms with Gasteiger partial charge in [0.2, 0.25) is 5.95 Å². The summed E-state index contributed by atoms with van der Waals surface area (Å²) in [6.07, 6.45) is -5.99. The van der Waals surface area contributed by atoms with E-state index in [2.05, 4.69) is 39.9 Å². The zero-order chi connectivity index (χ0) is 27.3. The predicted molar refractivity (Wildman–Crippen MR) is 115 cm³/mol. The number of hydrogen-bond acceptors (Lipinski definition) is 13. The van der Waals surface area contributed by atoms with Crippen molar-refractivity contribution >= 4 is 40.6 Å². The second kappa shape index (κ2) is 9.71. The van der Waals surface area contributed by atoms with E-state index in [1.165, 1.54) is 6.92 Å². The molecule has 1 fully saturated rings. The summed E-state index contributed by atoms with van der Waals surface area (Å²) in [7, 11) is -17.0. The fourth-order valence-electron chi connectivity index (χ4n) is 3.39. The number of nitrogen functional groups attached to an aromatic ring is 1. The Morgan fingerprint density at radius 3 is 2.47 bits per heavy atom. The molecule has 3 unspecified atom stereocenters. The fraction of sp³-hybridized carbons (Fsp3) is 0.500. The van der Waals surface area contributed by atoms with Gasteiger partial charge in [0.15, 0.2) is 23.0 Å². The minimum Gasteiger partial charge on any atom is -0.386 e. The molecule has 0 spiro atoms. The summed E-state index contributed by atoms with van der Waals surface area (Å²) in [5, 5.41) is 22.0. The summed E-state index contributed by atoms with van der Waals surface area (Å²) < 4.78 is 53.1. The van der Waals surface area contributed by atoms with Gasteiger partial charge in [0.25, 0.3) is 5.56 Å². The quantitative estimate of drug-likeness (QED) is 0.130. The highest BCUT2D eigenvalue weighted by Gasteiger charge is 2.58. The van der Waals surface area contributed by atoms with Crippen molar-refractivity contribution in [1.82, 2.24) is 19.5 Å². The zero-order valence-electron chi connectivity index (χ0n) is 18.1. The van der Waals surface area contributed by atoms with Crippen LogP contribution in [0.2, 0.25) is 0 Å². The number of anilines is 1. The Hall–Kier alpha value is -2.00. The molecule has 3 rings (SSSR count). The average Bonchev–Trinajstić information content (AvgIpc) is 3.18. The first kappa shape index (κ1) is 28.6. The van der Waals surface area contributed by atoms with E-state index in [1.807, 2.05) is 0 Å². The van der Waals surface area contributed by atoms with Crippen molar-refractivity contribution in [3.8, 4) is 11.8 Å². The van der Waals surface area contributed by atoms with Crippen LogP contribution < -0.4 is 11.3 Å². The summed E-state index contributed by atoms with van der Waals surface area (Å²) in [5.41, 5.74) is 2.00. The number of H-pyrrole nitrogens is 1. The van der Waals surface area contributed by atoms with Gasteiger partial charge in [-0.15, -0.1) is 5.92 Å². The SMILES string of the molecule is CC#CC1(O)[C@@H](O)[C@@H]([C@@H](C)OP(=O)(O)OP(=O)(O)OP(=O)(O)O)O[C@H]1n1cnc2c(=O)[nH]c(N)nc21. The molecule has 1 aliphatic heterocycles. The van der Waals surface area contributed by atoms with E-state index in [9.17, 15) is 38.5 Å². The molecular weight excluding hydrogens is 555 g/mol. The van der Waals surface area contributed by atoms with E-state index >= 15 is 0 Å². The van der Waals surface area contributed by atoms with Crippen LogP contribution in [0.25, 0.3) is 11.2 Å². The lowest BCUT2D eigenvalue weighted by Gasteiger charge is -2.27. The number of imidazole rings is 1. The van der Waals surface area contributed by atoms with E-state index in [0.717, 1.165) is 17.8 Å². The third-order valence-electron chi connectivity index (χ3n) is 4.63. The van der Waals surface area contributed by atoms with Gasteiger partial charge in [-0.25, -0.2) is 18.7 Å². The molecule has 200 valence electrons. The first-order chi connectivity index (χ1) is 16.4. The molecule has 9 N–H and O–H groups in total. The topological polar surface area (TPSA) is 299 Å². The van der Waals surface area contributed by atoms with Gasteiger partial charge >= 0.3 is 23.5 Å². The van der Waals surface area contributed by atoms with Gasteiger partial charge < -0.3 is 40.3 Å². The van der Waals surface area contributed by atoms with Gasteiger partial charge in [0.05, 0.1) is 12.4 Å². The van der Waals surface area contributed by atoms with Crippen LogP contribution in [0.1, 0.15) is 20.1 Å². The first-order valence-electron chi connectivity index (χ1n) is 9.43. The number of nitrogens with one attached hydrogen (secondary N) is 1. The highest BCUT2D eigenvalue weighted by molar-refractivity contribution is 7.66. The van der Waals surface area contributed by atoms with Gasteiger partial charge in [-0.05, 0) is 13.8 Å². The lowest BCUT2D eigenvalue weighted by molar-refractivity contribution is -0.0831. The van der Waals surface area contributed by atoms with E-state index in [-0.39, 0.29) is 17.1 Å². The molecule has 22 heteroatoms. The van der Waals surface area contributed by atoms with Crippen molar-refractivity contribution in [1.29, 1.82) is 0 Å². The number of nitrogens with two attached hydrogens (primary N) is 1. The van der Waals surface area contributed by atoms with Crippen LogP contribution in [0.3, 0.4) is 0 Å². The predicted octanol–water partition coefficient (Wildman–Crippen LogP) is -1.55. The monoisotopic (exact) mass is 575 g/mol. The largest absolute Gasteiger partial charge is 0.490 e. The number of fused-ring (bicyclic) bond motifs is 1. The highest BCUT2D eigenvalue weighted by atomic mass is 31.3. The maximum absolute atomic E-state index is 12.2. The second-order valence-electron chi connectivity index (χ2n) is 7.27. The number of aromatic amines is 1. The lowest BCUT2D eigenvalue weighted by Crippen LogP contribution is -2.47. The van der Waals surface area contributed by atoms with Gasteiger partial charge in [-0.2, -0.15) is 13.6 Å². The fourth-order valence-corrected chi connectivity index (χ4v) is 6.59. The molecule has 2 aromatic rings. The van der Waals surface area contributed by atoms with Crippen molar-refractivity contribution in [2.45, 2.75) is 44.0 Å². The van der Waals surface area contributed by atoms with Crippen LogP contribution >= 0.6 is 23.5 Å². The number of hydrogen-bond donors (Lipinski definition) is 8. The van der Waals surface area contributed by atoms with Crippen LogP contribution in [0.15, 0.2) is 11.1 Å². The van der Waals surface area contributed by atoms with Crippen LogP contribution in [0.4, 0.5) is 5.95 Å². The van der Waals surface area contributed by atoms with Crippen molar-refractivity contribution in [3.05, 3.63) is 16.7 Å². The number of aliphatic hydroxyl groups is 2. The van der Waals surface area contributed by atoms with E-state index < -0.39 is 59.2 Å². The minimum atomic E-state index is -5.80. The molecule has 0 saturated carbocycles. The minimum absolute atomic E-state index is 0.175. The van der Waals surface area contributed by atoms with Crippen LogP contribution in [0.5, 0.6) is 0 Å². The molecule has 0 aliphatic carbocycles. The summed E-state index contributed by atoms with van der Waals surface area (Å²) in [4.78, 5) is 58.4. The van der Waals surface area contributed by atoms with Gasteiger partial charge in [-0.1, -0.05) is 5.92 Å². The van der Waals surface area contributed by atoms with Crippen LogP contribution in [0, 0.1) is 11.8 Å². The molecule has 1 aliphatic rings. The molecule has 36 heavy (non-hydrogen) atoms. The van der Waals surface area contributed by atoms with Crippen LogP contribution in [-0.2, 0) is 31.6 Å². The molecule has 3 heterocycles. The summed E-state index contributed by atoms with van der Waals surface area (Å²) in [6.45, 7) is 2.35.